The zero-order valence-electron chi connectivity index (χ0n) is 22.0. The van der Waals surface area contributed by atoms with Crippen LogP contribution in [0.3, 0.4) is 0 Å². The largest absolute Gasteiger partial charge is 0.464 e. The second-order valence-electron chi connectivity index (χ2n) is 8.10. The molecule has 0 aromatic heterocycles. The number of carbonyl (C=O) groups excluding carboxylic acids is 4. The van der Waals surface area contributed by atoms with Crippen molar-refractivity contribution in [3.63, 3.8) is 0 Å². The lowest BCUT2D eigenvalue weighted by atomic mass is 10.2. The Kier molecular flexibility index (Phi) is 23.1. The Balaban J connectivity index is 3.45. The normalized spacial score (nSPS) is 9.94. The molecule has 36 heavy (non-hydrogen) atoms. The SMILES string of the molecule is CCCCOC(=O)CNC(=O)OCCCCCC#CCCCCCOC(=O)NCC(=O)OCCCC. The van der Waals surface area contributed by atoms with E-state index in [1.54, 1.807) is 0 Å². The maximum atomic E-state index is 11.5. The average molecular weight is 513 g/mol. The molecule has 10 nitrogen and oxygen atoms in total. The van der Waals surface area contributed by atoms with Crippen LogP contribution >= 0.6 is 0 Å². The van der Waals surface area contributed by atoms with Crippen LogP contribution in [0.1, 0.15) is 90.9 Å². The summed E-state index contributed by atoms with van der Waals surface area (Å²) in [4.78, 5) is 45.7. The van der Waals surface area contributed by atoms with Gasteiger partial charge in [0.1, 0.15) is 13.1 Å². The van der Waals surface area contributed by atoms with Crippen molar-refractivity contribution in [2.45, 2.75) is 90.9 Å². The smallest absolute Gasteiger partial charge is 0.407 e. The summed E-state index contributed by atoms with van der Waals surface area (Å²) >= 11 is 0. The van der Waals surface area contributed by atoms with Gasteiger partial charge in [0.2, 0.25) is 0 Å². The molecule has 206 valence electrons. The fraction of sp³-hybridized carbons (Fsp3) is 0.769. The molecule has 0 aliphatic rings. The molecular formula is C26H44N2O8. The van der Waals surface area contributed by atoms with Gasteiger partial charge >= 0.3 is 24.1 Å². The maximum Gasteiger partial charge on any atom is 0.407 e. The first-order chi connectivity index (χ1) is 17.5. The summed E-state index contributed by atoms with van der Waals surface area (Å²) in [7, 11) is 0. The number of esters is 2. The highest BCUT2D eigenvalue weighted by atomic mass is 16.6. The van der Waals surface area contributed by atoms with E-state index < -0.39 is 24.1 Å². The quantitative estimate of drug-likeness (QED) is 0.107. The lowest BCUT2D eigenvalue weighted by Crippen LogP contribution is -2.31. The van der Waals surface area contributed by atoms with Gasteiger partial charge in [0.05, 0.1) is 26.4 Å². The Labute approximate surface area is 215 Å². The summed E-state index contributed by atoms with van der Waals surface area (Å²) < 4.78 is 19.9. The van der Waals surface area contributed by atoms with Crippen LogP contribution < -0.4 is 10.6 Å². The van der Waals surface area contributed by atoms with E-state index in [0.717, 1.165) is 77.0 Å². The van der Waals surface area contributed by atoms with Crippen LogP contribution in [0.15, 0.2) is 0 Å². The first kappa shape index (κ1) is 33.0. The summed E-state index contributed by atoms with van der Waals surface area (Å²) in [6, 6.07) is 0. The van der Waals surface area contributed by atoms with Gasteiger partial charge in [0.25, 0.3) is 0 Å². The van der Waals surface area contributed by atoms with Gasteiger partial charge in [-0.1, -0.05) is 26.7 Å². The number of carbonyl (C=O) groups is 4. The zero-order valence-corrected chi connectivity index (χ0v) is 22.0. The standard InChI is InChI=1S/C26H44N2O8/c1-3-5-17-33-23(29)21-27-25(31)35-19-15-13-11-9-7-8-10-12-14-16-20-36-26(32)28-22-24(30)34-18-6-4-2/h3-6,9-22H2,1-2H3,(H,27,31)(H,28,32). The third-order valence-electron chi connectivity index (χ3n) is 4.76. The summed E-state index contributed by atoms with van der Waals surface area (Å²) in [6.45, 7) is 4.97. The molecule has 2 amide bonds. The van der Waals surface area contributed by atoms with Gasteiger partial charge in [-0.25, -0.2) is 9.59 Å². The van der Waals surface area contributed by atoms with Gasteiger partial charge in [-0.15, -0.1) is 11.8 Å². The number of ether oxygens (including phenoxy) is 4. The van der Waals surface area contributed by atoms with Crippen LogP contribution in [-0.2, 0) is 28.5 Å². The highest BCUT2D eigenvalue weighted by Gasteiger charge is 2.08. The summed E-state index contributed by atoms with van der Waals surface area (Å²) in [6.07, 6.45) is 8.98. The Bertz CT molecular complexity index is 619. The van der Waals surface area contributed by atoms with E-state index in [2.05, 4.69) is 22.5 Å². The molecule has 0 bridgehead atoms. The van der Waals surface area contributed by atoms with Gasteiger partial charge in [0.15, 0.2) is 0 Å². The second kappa shape index (κ2) is 25.1. The fourth-order valence-electron chi connectivity index (χ4n) is 2.64. The minimum Gasteiger partial charge on any atom is -0.464 e. The Morgan fingerprint density at radius 1 is 0.528 bits per heavy atom. The summed E-state index contributed by atoms with van der Waals surface area (Å²) in [5.74, 6) is 5.34. The van der Waals surface area contributed by atoms with Crippen molar-refractivity contribution in [2.24, 2.45) is 0 Å². The highest BCUT2D eigenvalue weighted by molar-refractivity contribution is 5.78. The minimum absolute atomic E-state index is 0.183. The van der Waals surface area contributed by atoms with Crippen molar-refractivity contribution in [1.82, 2.24) is 10.6 Å². The van der Waals surface area contributed by atoms with Crippen molar-refractivity contribution in [3.8, 4) is 11.8 Å². The lowest BCUT2D eigenvalue weighted by Gasteiger charge is -2.07. The van der Waals surface area contributed by atoms with Crippen molar-refractivity contribution in [1.29, 1.82) is 0 Å². The molecule has 0 atom stereocenters. The molecule has 0 unspecified atom stereocenters. The van der Waals surface area contributed by atoms with Crippen LogP contribution in [-0.4, -0.2) is 63.6 Å². The Hall–Kier alpha value is -2.96. The molecule has 0 spiro atoms. The van der Waals surface area contributed by atoms with E-state index in [-0.39, 0.29) is 13.1 Å². The zero-order chi connectivity index (χ0) is 26.7. The van der Waals surface area contributed by atoms with E-state index in [4.69, 9.17) is 18.9 Å². The Morgan fingerprint density at radius 2 is 0.917 bits per heavy atom. The lowest BCUT2D eigenvalue weighted by molar-refractivity contribution is -0.143. The molecule has 0 aromatic carbocycles. The van der Waals surface area contributed by atoms with Gasteiger partial charge in [0, 0.05) is 12.8 Å². The second-order valence-corrected chi connectivity index (χ2v) is 8.10. The number of hydrogen-bond acceptors (Lipinski definition) is 8. The third kappa shape index (κ3) is 24.2. The topological polar surface area (TPSA) is 129 Å². The fourth-order valence-corrected chi connectivity index (χ4v) is 2.64. The number of nitrogens with one attached hydrogen (secondary N) is 2. The highest BCUT2D eigenvalue weighted by Crippen LogP contribution is 2.02. The van der Waals surface area contributed by atoms with Crippen LogP contribution in [0.5, 0.6) is 0 Å². The van der Waals surface area contributed by atoms with Crippen molar-refractivity contribution >= 4 is 24.1 Å². The number of unbranched alkanes of at least 4 members (excludes halogenated alkanes) is 8. The van der Waals surface area contributed by atoms with Crippen LogP contribution in [0.4, 0.5) is 9.59 Å². The number of alkyl carbamates (subject to hydrolysis) is 2. The van der Waals surface area contributed by atoms with Crippen LogP contribution in [0.2, 0.25) is 0 Å². The molecule has 0 saturated carbocycles. The molecule has 0 aliphatic heterocycles. The van der Waals surface area contributed by atoms with Gasteiger partial charge in [-0.3, -0.25) is 9.59 Å². The van der Waals surface area contributed by atoms with E-state index in [1.165, 1.54) is 0 Å². The predicted molar refractivity (Wildman–Crippen MR) is 135 cm³/mol. The summed E-state index contributed by atoms with van der Waals surface area (Å²) in [5.41, 5.74) is 0. The molecule has 2 N–H and O–H groups in total. The molecule has 0 heterocycles. The van der Waals surface area contributed by atoms with Crippen LogP contribution in [0, 0.1) is 11.8 Å². The average Bonchev–Trinajstić information content (AvgIpc) is 2.86. The maximum absolute atomic E-state index is 11.5. The minimum atomic E-state index is -0.615. The number of hydrogen-bond donors (Lipinski definition) is 2. The van der Waals surface area contributed by atoms with E-state index in [1.807, 2.05) is 13.8 Å². The molecule has 0 saturated heterocycles. The molecule has 10 heteroatoms. The van der Waals surface area contributed by atoms with E-state index in [9.17, 15) is 19.2 Å². The van der Waals surface area contributed by atoms with Gasteiger partial charge in [-0.2, -0.15) is 0 Å². The molecule has 0 radical (unpaired) electrons. The molecule has 0 aromatic rings. The Morgan fingerprint density at radius 3 is 1.31 bits per heavy atom. The monoisotopic (exact) mass is 512 g/mol. The van der Waals surface area contributed by atoms with E-state index in [0.29, 0.717) is 26.4 Å². The first-order valence-corrected chi connectivity index (χ1v) is 13.1. The first-order valence-electron chi connectivity index (χ1n) is 13.1. The van der Waals surface area contributed by atoms with Crippen molar-refractivity contribution < 1.29 is 38.1 Å². The molecule has 0 fully saturated rings. The molecule has 0 rings (SSSR count). The number of rotatable bonds is 20. The third-order valence-corrected chi connectivity index (χ3v) is 4.76. The van der Waals surface area contributed by atoms with Gasteiger partial charge < -0.3 is 29.6 Å². The van der Waals surface area contributed by atoms with Crippen molar-refractivity contribution in [2.75, 3.05) is 39.5 Å². The van der Waals surface area contributed by atoms with E-state index >= 15 is 0 Å². The molecular weight excluding hydrogens is 468 g/mol. The van der Waals surface area contributed by atoms with Crippen molar-refractivity contribution in [3.05, 3.63) is 0 Å². The van der Waals surface area contributed by atoms with Crippen LogP contribution in [0.25, 0.3) is 0 Å². The van der Waals surface area contributed by atoms with Gasteiger partial charge in [-0.05, 0) is 51.4 Å². The predicted octanol–water partition coefficient (Wildman–Crippen LogP) is 4.25. The molecule has 0 aliphatic carbocycles. The summed E-state index contributed by atoms with van der Waals surface area (Å²) in [5, 5.41) is 4.75. The number of amides is 2.